The van der Waals surface area contributed by atoms with Gasteiger partial charge in [-0.3, -0.25) is 4.79 Å². The predicted octanol–water partition coefficient (Wildman–Crippen LogP) is 12.3. The summed E-state index contributed by atoms with van der Waals surface area (Å²) in [6.45, 7) is 40.9. The monoisotopic (exact) mass is 729 g/mol. The second kappa shape index (κ2) is 12.8. The van der Waals surface area contributed by atoms with E-state index >= 15 is 0 Å². The van der Waals surface area contributed by atoms with Crippen LogP contribution in [0.5, 0.6) is 0 Å². The number of rotatable bonds is 9. The molecule has 5 rings (SSSR count). The van der Waals surface area contributed by atoms with Gasteiger partial charge in [-0.2, -0.15) is 0 Å². The van der Waals surface area contributed by atoms with Crippen molar-refractivity contribution in [3.8, 4) is 0 Å². The van der Waals surface area contributed by atoms with Crippen LogP contribution in [0.2, 0.25) is 36.3 Å². The van der Waals surface area contributed by atoms with Crippen LogP contribution in [0.4, 0.5) is 0 Å². The zero-order valence-electron chi connectivity index (χ0n) is 35.5. The van der Waals surface area contributed by atoms with Gasteiger partial charge < -0.3 is 14.0 Å². The molecule has 5 saturated carbocycles. The SMILES string of the molecule is C=C(C)[C@@H]1CC[C@]2(COC(C)=O)CC[C@]3(C)C(CCC4[C@@]5(C)CC[C@H](O[Si](C)(C)C(C)(C)C)[C@@](C)(CCC(C)(C)[Si](C)(C)O)C5CC[C@]43C)C12. The molecular formula is C44H80O4Si2. The Bertz CT molecular complexity index is 1310. The number of esters is 1. The minimum absolute atomic E-state index is 0.0398. The van der Waals surface area contributed by atoms with E-state index in [-0.39, 0.29) is 49.2 Å². The summed E-state index contributed by atoms with van der Waals surface area (Å²) in [5.74, 6) is 2.95. The molecule has 0 saturated heterocycles. The van der Waals surface area contributed by atoms with Crippen molar-refractivity contribution in [2.75, 3.05) is 6.61 Å². The maximum absolute atomic E-state index is 12.1. The van der Waals surface area contributed by atoms with Crippen molar-refractivity contribution in [1.29, 1.82) is 0 Å². The molecule has 6 heteroatoms. The lowest BCUT2D eigenvalue weighted by molar-refractivity contribution is -0.252. The lowest BCUT2D eigenvalue weighted by Crippen LogP contribution is -2.67. The maximum atomic E-state index is 12.1. The van der Waals surface area contributed by atoms with Crippen molar-refractivity contribution < 1.29 is 18.8 Å². The van der Waals surface area contributed by atoms with Crippen molar-refractivity contribution >= 4 is 22.6 Å². The highest BCUT2D eigenvalue weighted by molar-refractivity contribution is 6.74. The van der Waals surface area contributed by atoms with Crippen LogP contribution in [0.15, 0.2) is 12.2 Å². The molecule has 0 spiro atoms. The summed E-state index contributed by atoms with van der Waals surface area (Å²) < 4.78 is 13.5. The fourth-order valence-electron chi connectivity index (χ4n) is 13.5. The normalized spacial score (nSPS) is 43.7. The first-order valence-corrected chi connectivity index (χ1v) is 26.7. The van der Waals surface area contributed by atoms with Gasteiger partial charge in [0.05, 0.1) is 12.7 Å². The maximum Gasteiger partial charge on any atom is 0.302 e. The van der Waals surface area contributed by atoms with Crippen LogP contribution in [-0.4, -0.2) is 40.1 Å². The number of ether oxygens (including phenoxy) is 1. The molecule has 0 heterocycles. The average Bonchev–Trinajstić information content (AvgIpc) is 3.36. The van der Waals surface area contributed by atoms with Crippen LogP contribution < -0.4 is 0 Å². The lowest BCUT2D eigenvalue weighted by atomic mass is 9.32. The Labute approximate surface area is 311 Å². The van der Waals surface area contributed by atoms with E-state index in [2.05, 4.69) is 102 Å². The average molecular weight is 729 g/mol. The zero-order valence-corrected chi connectivity index (χ0v) is 37.5. The van der Waals surface area contributed by atoms with E-state index < -0.39 is 16.6 Å². The molecule has 4 unspecified atom stereocenters. The Hall–Kier alpha value is -0.436. The summed E-state index contributed by atoms with van der Waals surface area (Å²) in [7, 11) is -4.33. The number of hydrogen-bond acceptors (Lipinski definition) is 4. The van der Waals surface area contributed by atoms with Crippen molar-refractivity contribution in [2.45, 2.75) is 196 Å². The molecule has 0 aromatic heterocycles. The van der Waals surface area contributed by atoms with Gasteiger partial charge in [0.15, 0.2) is 16.6 Å². The van der Waals surface area contributed by atoms with E-state index in [1.165, 1.54) is 63.4 Å². The smallest absolute Gasteiger partial charge is 0.302 e. The van der Waals surface area contributed by atoms with E-state index in [4.69, 9.17) is 9.16 Å². The van der Waals surface area contributed by atoms with Crippen molar-refractivity contribution in [3.05, 3.63) is 12.2 Å². The molecule has 5 aliphatic rings. The summed E-state index contributed by atoms with van der Waals surface area (Å²) in [5.41, 5.74) is 2.36. The molecule has 0 amide bonds. The molecule has 288 valence electrons. The summed E-state index contributed by atoms with van der Waals surface area (Å²) in [4.78, 5) is 23.5. The van der Waals surface area contributed by atoms with E-state index in [9.17, 15) is 9.59 Å². The lowest BCUT2D eigenvalue weighted by Gasteiger charge is -2.73. The first kappa shape index (κ1) is 40.7. The van der Waals surface area contributed by atoms with Gasteiger partial charge in [-0.15, -0.1) is 0 Å². The quantitative estimate of drug-likeness (QED) is 0.146. The number of carbonyl (C=O) groups is 1. The van der Waals surface area contributed by atoms with Gasteiger partial charge in [-0.25, -0.2) is 0 Å². The molecule has 0 radical (unpaired) electrons. The molecule has 50 heavy (non-hydrogen) atoms. The van der Waals surface area contributed by atoms with E-state index in [1.807, 2.05) is 0 Å². The van der Waals surface area contributed by atoms with Crippen molar-refractivity contribution in [1.82, 2.24) is 0 Å². The van der Waals surface area contributed by atoms with Crippen LogP contribution in [0.3, 0.4) is 0 Å². The standard InChI is InChI=1S/C44H80O4Si2/c1-30(2)32-19-24-44(29-47-31(3)45)28-27-42(11)33(37(32)44)17-18-35-40(9)22-21-36(48-50(15,16)38(4,5)6)41(10,34(40)20-23-43(35,42)12)26-25-39(7,8)49(13,14)46/h32-37,46H,1,17-29H2,2-16H3/t32-,33?,34?,35?,36-,37?,40-,41-,42+,43+,44+/m0/s1. The summed E-state index contributed by atoms with van der Waals surface area (Å²) >= 11 is 0. The second-order valence-corrected chi connectivity index (χ2v) is 31.9. The molecule has 5 fully saturated rings. The first-order valence-electron chi connectivity index (χ1n) is 20.8. The predicted molar refractivity (Wildman–Crippen MR) is 215 cm³/mol. The molecular weight excluding hydrogens is 649 g/mol. The van der Waals surface area contributed by atoms with Gasteiger partial charge in [0.1, 0.15) is 0 Å². The summed E-state index contributed by atoms with van der Waals surface area (Å²) in [5, 5.41) is 0.140. The van der Waals surface area contributed by atoms with Gasteiger partial charge in [0, 0.05) is 12.3 Å². The topological polar surface area (TPSA) is 55.8 Å². The molecule has 11 atom stereocenters. The molecule has 5 aliphatic carbocycles. The molecule has 0 aromatic rings. The highest BCUT2D eigenvalue weighted by Gasteiger charge is 2.71. The Morgan fingerprint density at radius 2 is 1.46 bits per heavy atom. The Morgan fingerprint density at radius 3 is 2.02 bits per heavy atom. The largest absolute Gasteiger partial charge is 0.465 e. The second-order valence-electron chi connectivity index (χ2n) is 22.7. The van der Waals surface area contributed by atoms with Crippen LogP contribution in [-0.2, 0) is 14.0 Å². The van der Waals surface area contributed by atoms with Gasteiger partial charge in [-0.1, -0.05) is 74.5 Å². The number of fused-ring (bicyclic) bond motifs is 7. The molecule has 1 N–H and O–H groups in total. The van der Waals surface area contributed by atoms with Gasteiger partial charge in [0.25, 0.3) is 0 Å². The molecule has 4 nitrogen and oxygen atoms in total. The van der Waals surface area contributed by atoms with Crippen molar-refractivity contribution in [2.24, 2.45) is 56.7 Å². The first-order chi connectivity index (χ1) is 22.6. The molecule has 0 bridgehead atoms. The minimum Gasteiger partial charge on any atom is -0.465 e. The number of hydrogen-bond donors (Lipinski definition) is 1. The van der Waals surface area contributed by atoms with E-state index in [0.717, 1.165) is 19.3 Å². The Balaban J connectivity index is 1.52. The van der Waals surface area contributed by atoms with Crippen molar-refractivity contribution in [3.63, 3.8) is 0 Å². The highest BCUT2D eigenvalue weighted by Crippen LogP contribution is 2.78. The Kier molecular flexibility index (Phi) is 10.4. The molecule has 0 aliphatic heterocycles. The van der Waals surface area contributed by atoms with Crippen LogP contribution in [0, 0.1) is 56.7 Å². The van der Waals surface area contributed by atoms with Crippen LogP contribution in [0.1, 0.15) is 153 Å². The highest BCUT2D eigenvalue weighted by atomic mass is 28.4. The summed E-state index contributed by atoms with van der Waals surface area (Å²) in [6, 6.07) is 0. The number of carbonyl (C=O) groups excluding carboxylic acids is 1. The summed E-state index contributed by atoms with van der Waals surface area (Å²) in [6.07, 6.45) is 14.9. The fraction of sp³-hybridized carbons (Fsp3) is 0.932. The van der Waals surface area contributed by atoms with Gasteiger partial charge in [-0.05, 0) is 171 Å². The van der Waals surface area contributed by atoms with Gasteiger partial charge in [0.2, 0.25) is 0 Å². The third-order valence-electron chi connectivity index (χ3n) is 18.7. The molecule has 0 aromatic carbocycles. The van der Waals surface area contributed by atoms with Crippen LogP contribution >= 0.6 is 0 Å². The third kappa shape index (κ3) is 6.24. The zero-order chi connectivity index (χ0) is 37.7. The van der Waals surface area contributed by atoms with E-state index in [1.54, 1.807) is 6.92 Å². The van der Waals surface area contributed by atoms with Crippen LogP contribution in [0.25, 0.3) is 0 Å². The van der Waals surface area contributed by atoms with E-state index in [0.29, 0.717) is 36.2 Å². The van der Waals surface area contributed by atoms with Gasteiger partial charge >= 0.3 is 5.97 Å². The Morgan fingerprint density at radius 1 is 0.820 bits per heavy atom. The third-order valence-corrected chi connectivity index (χ3v) is 26.8. The fourth-order valence-corrected chi connectivity index (χ4v) is 15.7. The number of allylic oxidation sites excluding steroid dienone is 1. The minimum atomic E-state index is -2.34.